The van der Waals surface area contributed by atoms with Crippen molar-refractivity contribution < 1.29 is 4.79 Å². The van der Waals surface area contributed by atoms with Gasteiger partial charge in [-0.05, 0) is 43.5 Å². The minimum absolute atomic E-state index is 0.169. The predicted octanol–water partition coefficient (Wildman–Crippen LogP) is 2.52. The Labute approximate surface area is 171 Å². The van der Waals surface area contributed by atoms with Crippen LogP contribution in [-0.4, -0.2) is 33.5 Å². The monoisotopic (exact) mass is 413 g/mol. The number of pyridine rings is 1. The molecule has 4 rings (SSSR count). The average molecular weight is 414 g/mol. The molecule has 1 amide bonds. The van der Waals surface area contributed by atoms with Gasteiger partial charge in [0, 0.05) is 31.4 Å². The molecule has 0 unspecified atom stereocenters. The molecular formula is C20H20ClN5O3. The smallest absolute Gasteiger partial charge is 0.329 e. The van der Waals surface area contributed by atoms with Crippen molar-refractivity contribution in [3.63, 3.8) is 0 Å². The summed E-state index contributed by atoms with van der Waals surface area (Å²) in [7, 11) is 1.50. The SMILES string of the molecule is Cn1c(=O)[nH]c(=O)c2cc(C(=O)Nc3cc(Cl)ccc3N3CCCCC3)cnc21. The molecule has 8 nitrogen and oxygen atoms in total. The van der Waals surface area contributed by atoms with Crippen LogP contribution in [0.3, 0.4) is 0 Å². The number of fused-ring (bicyclic) bond motifs is 1. The van der Waals surface area contributed by atoms with Crippen LogP contribution in [0.25, 0.3) is 11.0 Å². The number of rotatable bonds is 3. The first-order chi connectivity index (χ1) is 13.9. The van der Waals surface area contributed by atoms with Gasteiger partial charge in [-0.15, -0.1) is 0 Å². The third kappa shape index (κ3) is 3.75. The van der Waals surface area contributed by atoms with Crippen molar-refractivity contribution in [3.05, 3.63) is 61.9 Å². The molecule has 2 aromatic heterocycles. The normalized spacial score (nSPS) is 14.2. The number of amides is 1. The highest BCUT2D eigenvalue weighted by Crippen LogP contribution is 2.31. The Balaban J connectivity index is 1.69. The molecule has 0 spiro atoms. The van der Waals surface area contributed by atoms with Crippen molar-refractivity contribution in [1.29, 1.82) is 0 Å². The van der Waals surface area contributed by atoms with Gasteiger partial charge in [0.05, 0.1) is 22.3 Å². The highest BCUT2D eigenvalue weighted by Gasteiger charge is 2.18. The Hall–Kier alpha value is -3.13. The van der Waals surface area contributed by atoms with Gasteiger partial charge in [-0.1, -0.05) is 11.6 Å². The van der Waals surface area contributed by atoms with Crippen LogP contribution in [0.5, 0.6) is 0 Å². The Morgan fingerprint density at radius 3 is 2.69 bits per heavy atom. The maximum atomic E-state index is 12.9. The quantitative estimate of drug-likeness (QED) is 0.687. The average Bonchev–Trinajstić information content (AvgIpc) is 2.72. The van der Waals surface area contributed by atoms with Crippen LogP contribution in [0, 0.1) is 0 Å². The number of benzene rings is 1. The van der Waals surface area contributed by atoms with Crippen molar-refractivity contribution in [2.45, 2.75) is 19.3 Å². The van der Waals surface area contributed by atoms with Crippen LogP contribution in [0.2, 0.25) is 5.02 Å². The highest BCUT2D eigenvalue weighted by molar-refractivity contribution is 6.31. The fourth-order valence-corrected chi connectivity index (χ4v) is 3.75. The van der Waals surface area contributed by atoms with Gasteiger partial charge in [0.2, 0.25) is 0 Å². The first-order valence-electron chi connectivity index (χ1n) is 9.39. The summed E-state index contributed by atoms with van der Waals surface area (Å²) in [4.78, 5) is 45.3. The van der Waals surface area contributed by atoms with Crippen LogP contribution >= 0.6 is 11.6 Å². The third-order valence-electron chi connectivity index (χ3n) is 5.12. The summed E-state index contributed by atoms with van der Waals surface area (Å²) in [6.45, 7) is 1.84. The second kappa shape index (κ2) is 7.71. The zero-order chi connectivity index (χ0) is 20.5. The number of aryl methyl sites for hydroxylation is 1. The molecule has 0 saturated carbocycles. The number of H-pyrrole nitrogens is 1. The van der Waals surface area contributed by atoms with Gasteiger partial charge in [0.1, 0.15) is 5.65 Å². The van der Waals surface area contributed by atoms with E-state index in [1.807, 2.05) is 6.07 Å². The minimum Gasteiger partial charge on any atom is -0.370 e. The van der Waals surface area contributed by atoms with Gasteiger partial charge < -0.3 is 10.2 Å². The number of halogens is 1. The van der Waals surface area contributed by atoms with Crippen LogP contribution in [-0.2, 0) is 7.05 Å². The van der Waals surface area contributed by atoms with E-state index in [1.54, 1.807) is 12.1 Å². The number of hydrogen-bond donors (Lipinski definition) is 2. The first kappa shape index (κ1) is 19.2. The zero-order valence-electron chi connectivity index (χ0n) is 15.9. The standard InChI is InChI=1S/C20H20ClN5O3/c1-25-17-14(19(28)24-20(25)29)9-12(11-22-17)18(27)23-15-10-13(21)5-6-16(15)26-7-3-2-4-8-26/h5-6,9-11H,2-4,7-8H2,1H3,(H,23,27)(H,24,28,29). The van der Waals surface area contributed by atoms with Gasteiger partial charge >= 0.3 is 5.69 Å². The van der Waals surface area contributed by atoms with Gasteiger partial charge in [-0.3, -0.25) is 19.1 Å². The number of anilines is 2. The van der Waals surface area contributed by atoms with E-state index in [0.29, 0.717) is 10.7 Å². The van der Waals surface area contributed by atoms with E-state index in [1.165, 1.54) is 30.3 Å². The Kier molecular flexibility index (Phi) is 5.10. The van der Waals surface area contributed by atoms with E-state index in [2.05, 4.69) is 20.2 Å². The molecule has 150 valence electrons. The van der Waals surface area contributed by atoms with Crippen molar-refractivity contribution >= 4 is 39.9 Å². The van der Waals surface area contributed by atoms with E-state index in [-0.39, 0.29) is 16.6 Å². The number of nitrogens with one attached hydrogen (secondary N) is 2. The maximum absolute atomic E-state index is 12.9. The van der Waals surface area contributed by atoms with Gasteiger partial charge in [0.15, 0.2) is 0 Å². The van der Waals surface area contributed by atoms with Crippen molar-refractivity contribution in [1.82, 2.24) is 14.5 Å². The number of nitrogens with zero attached hydrogens (tertiary/aromatic N) is 3. The molecule has 1 aromatic carbocycles. The van der Waals surface area contributed by atoms with Gasteiger partial charge in [0.25, 0.3) is 11.5 Å². The second-order valence-corrected chi connectivity index (χ2v) is 7.51. The molecule has 1 aliphatic rings. The maximum Gasteiger partial charge on any atom is 0.329 e. The molecule has 3 heterocycles. The Morgan fingerprint density at radius 1 is 1.17 bits per heavy atom. The summed E-state index contributed by atoms with van der Waals surface area (Å²) in [5, 5.41) is 3.58. The molecule has 0 aliphatic carbocycles. The fraction of sp³-hybridized carbons (Fsp3) is 0.300. The number of aromatic nitrogens is 3. The summed E-state index contributed by atoms with van der Waals surface area (Å²) in [5.41, 5.74) is 0.813. The molecule has 1 fully saturated rings. The number of aromatic amines is 1. The Bertz CT molecular complexity index is 1210. The van der Waals surface area contributed by atoms with Crippen LogP contribution < -0.4 is 21.5 Å². The summed E-state index contributed by atoms with van der Waals surface area (Å²) < 4.78 is 1.23. The predicted molar refractivity (Wildman–Crippen MR) is 113 cm³/mol. The van der Waals surface area contributed by atoms with E-state index in [0.717, 1.165) is 31.6 Å². The van der Waals surface area contributed by atoms with Gasteiger partial charge in [-0.25, -0.2) is 9.78 Å². The molecule has 3 aromatic rings. The summed E-state index contributed by atoms with van der Waals surface area (Å²) in [5.74, 6) is -0.409. The molecule has 29 heavy (non-hydrogen) atoms. The number of carbonyl (C=O) groups is 1. The van der Waals surface area contributed by atoms with Crippen molar-refractivity contribution in [2.75, 3.05) is 23.3 Å². The lowest BCUT2D eigenvalue weighted by molar-refractivity contribution is 0.102. The van der Waals surface area contributed by atoms with Crippen molar-refractivity contribution in [3.8, 4) is 0 Å². The van der Waals surface area contributed by atoms with E-state index in [4.69, 9.17) is 11.6 Å². The Morgan fingerprint density at radius 2 is 1.93 bits per heavy atom. The summed E-state index contributed by atoms with van der Waals surface area (Å²) in [6, 6.07) is 6.86. The molecule has 2 N–H and O–H groups in total. The molecular weight excluding hydrogens is 394 g/mol. The summed E-state index contributed by atoms with van der Waals surface area (Å²) in [6.07, 6.45) is 4.76. The van der Waals surface area contributed by atoms with E-state index in [9.17, 15) is 14.4 Å². The number of piperidine rings is 1. The van der Waals surface area contributed by atoms with Gasteiger partial charge in [-0.2, -0.15) is 0 Å². The number of carbonyl (C=O) groups excluding carboxylic acids is 1. The molecule has 0 radical (unpaired) electrons. The first-order valence-corrected chi connectivity index (χ1v) is 9.77. The fourth-order valence-electron chi connectivity index (χ4n) is 3.57. The molecule has 9 heteroatoms. The lowest BCUT2D eigenvalue weighted by Gasteiger charge is -2.30. The number of hydrogen-bond acceptors (Lipinski definition) is 5. The molecule has 0 bridgehead atoms. The lowest BCUT2D eigenvalue weighted by atomic mass is 10.1. The molecule has 1 aliphatic heterocycles. The van der Waals surface area contributed by atoms with Crippen LogP contribution in [0.1, 0.15) is 29.6 Å². The van der Waals surface area contributed by atoms with Crippen molar-refractivity contribution in [2.24, 2.45) is 7.05 Å². The summed E-state index contributed by atoms with van der Waals surface area (Å²) >= 11 is 6.16. The minimum atomic E-state index is -0.581. The topological polar surface area (TPSA) is 100 Å². The highest BCUT2D eigenvalue weighted by atomic mass is 35.5. The largest absolute Gasteiger partial charge is 0.370 e. The zero-order valence-corrected chi connectivity index (χ0v) is 16.6. The van der Waals surface area contributed by atoms with Crippen LogP contribution in [0.4, 0.5) is 11.4 Å². The van der Waals surface area contributed by atoms with E-state index < -0.39 is 17.2 Å². The molecule has 0 atom stereocenters. The van der Waals surface area contributed by atoms with E-state index >= 15 is 0 Å². The second-order valence-electron chi connectivity index (χ2n) is 7.08. The molecule has 1 saturated heterocycles. The lowest BCUT2D eigenvalue weighted by Crippen LogP contribution is -2.30. The van der Waals surface area contributed by atoms with Crippen LogP contribution in [0.15, 0.2) is 40.1 Å². The third-order valence-corrected chi connectivity index (χ3v) is 5.35.